The Kier molecular flexibility index (Phi) is 4.73. The minimum Gasteiger partial charge on any atom is -0.507 e. The predicted molar refractivity (Wildman–Crippen MR) is 128 cm³/mol. The SMILES string of the molecule is O=C1C2=C(NCC(c3cc(O)c4c(c3)C(=O)C3=C(C4=O)S(=O)(=O)CCN3)S2)C(=O)c2c(O)cccc21. The number of Topliss-reactive ketones (excluding diaryl/α,β-unsaturated/α-hetero) is 4. The molecule has 1 unspecified atom stereocenters. The molecule has 1 atom stereocenters. The molecule has 0 saturated carbocycles. The highest BCUT2D eigenvalue weighted by Crippen LogP contribution is 2.46. The van der Waals surface area contributed by atoms with Crippen LogP contribution in [0, 0.1) is 0 Å². The van der Waals surface area contributed by atoms with Crippen molar-refractivity contribution in [3.05, 3.63) is 79.4 Å². The number of hydrogen-bond donors (Lipinski definition) is 4. The first-order chi connectivity index (χ1) is 17.1. The number of allylic oxidation sites excluding steroid dienone is 4. The van der Waals surface area contributed by atoms with Crippen LogP contribution in [-0.4, -0.2) is 60.6 Å². The van der Waals surface area contributed by atoms with E-state index in [0.717, 1.165) is 11.8 Å². The van der Waals surface area contributed by atoms with Crippen LogP contribution in [0.4, 0.5) is 0 Å². The minimum atomic E-state index is -3.98. The zero-order valence-electron chi connectivity index (χ0n) is 18.2. The Bertz CT molecular complexity index is 1650. The first-order valence-corrected chi connectivity index (χ1v) is 13.4. The van der Waals surface area contributed by atoms with Gasteiger partial charge in [0.2, 0.25) is 23.1 Å². The number of rotatable bonds is 1. The number of carbonyl (C=O) groups is 4. The van der Waals surface area contributed by atoms with Crippen LogP contribution < -0.4 is 10.6 Å². The van der Waals surface area contributed by atoms with Crippen molar-refractivity contribution in [3.63, 3.8) is 0 Å². The van der Waals surface area contributed by atoms with Gasteiger partial charge in [0, 0.05) is 24.2 Å². The van der Waals surface area contributed by atoms with Crippen molar-refractivity contribution in [1.29, 1.82) is 0 Å². The number of thioether (sulfide) groups is 1. The van der Waals surface area contributed by atoms with Gasteiger partial charge in [-0.1, -0.05) is 6.07 Å². The number of fused-ring (bicyclic) bond motifs is 2. The lowest BCUT2D eigenvalue weighted by molar-refractivity contribution is 0.0971. The smallest absolute Gasteiger partial charge is 0.214 e. The van der Waals surface area contributed by atoms with Crippen molar-refractivity contribution in [2.75, 3.05) is 18.8 Å². The molecule has 0 saturated heterocycles. The molecule has 2 aliphatic heterocycles. The highest BCUT2D eigenvalue weighted by Gasteiger charge is 2.44. The van der Waals surface area contributed by atoms with Crippen LogP contribution in [0.25, 0.3) is 0 Å². The Hall–Kier alpha value is -3.90. The Morgan fingerprint density at radius 1 is 0.833 bits per heavy atom. The number of carbonyl (C=O) groups excluding carboxylic acids is 4. The molecular formula is C24H16N2O8S2. The van der Waals surface area contributed by atoms with Gasteiger partial charge in [0.05, 0.1) is 27.0 Å². The van der Waals surface area contributed by atoms with Crippen molar-refractivity contribution in [1.82, 2.24) is 10.6 Å². The van der Waals surface area contributed by atoms with Gasteiger partial charge in [-0.15, -0.1) is 11.8 Å². The summed E-state index contributed by atoms with van der Waals surface area (Å²) in [5, 5.41) is 25.9. The maximum Gasteiger partial charge on any atom is 0.214 e. The Balaban J connectivity index is 1.40. The first kappa shape index (κ1) is 22.6. The number of ketones is 4. The third-order valence-corrected chi connectivity index (χ3v) is 9.63. The van der Waals surface area contributed by atoms with E-state index in [9.17, 15) is 37.8 Å². The molecule has 4 N–H and O–H groups in total. The van der Waals surface area contributed by atoms with E-state index in [-0.39, 0.29) is 63.1 Å². The van der Waals surface area contributed by atoms with Crippen LogP contribution >= 0.6 is 11.8 Å². The van der Waals surface area contributed by atoms with E-state index in [4.69, 9.17) is 0 Å². The molecule has 2 aliphatic carbocycles. The summed E-state index contributed by atoms with van der Waals surface area (Å²) >= 11 is 1.07. The zero-order valence-corrected chi connectivity index (χ0v) is 19.9. The largest absolute Gasteiger partial charge is 0.507 e. The fourth-order valence-corrected chi connectivity index (χ4v) is 7.51. The zero-order chi connectivity index (χ0) is 25.5. The molecule has 12 heteroatoms. The standard InChI is InChI=1S/C24H16N2O8S2/c27-12-3-1-2-10-15(12)21(31)17-23(20(10)30)35-14(8-26-17)9-6-11-16(13(28)7-9)22(32)24-18(19(11)29)25-4-5-36(24,33)34/h1-3,6-7,14,25-28H,4-5,8H2. The normalized spacial score (nSPS) is 22.3. The van der Waals surface area contributed by atoms with Crippen molar-refractivity contribution in [2.45, 2.75) is 5.25 Å². The Morgan fingerprint density at radius 2 is 1.58 bits per heavy atom. The van der Waals surface area contributed by atoms with Crippen LogP contribution in [0.15, 0.2) is 51.5 Å². The van der Waals surface area contributed by atoms with Crippen molar-refractivity contribution in [2.24, 2.45) is 0 Å². The molecule has 36 heavy (non-hydrogen) atoms. The topological polar surface area (TPSA) is 167 Å². The van der Waals surface area contributed by atoms with E-state index in [1.165, 1.54) is 30.3 Å². The summed E-state index contributed by atoms with van der Waals surface area (Å²) < 4.78 is 24.9. The van der Waals surface area contributed by atoms with Crippen molar-refractivity contribution < 1.29 is 37.8 Å². The van der Waals surface area contributed by atoms with Crippen LogP contribution in [0.1, 0.15) is 52.2 Å². The van der Waals surface area contributed by atoms with E-state index < -0.39 is 48.9 Å². The fourth-order valence-electron chi connectivity index (χ4n) is 4.86. The van der Waals surface area contributed by atoms with Crippen LogP contribution in [-0.2, 0) is 9.84 Å². The molecule has 0 bridgehead atoms. The molecule has 2 heterocycles. The minimum absolute atomic E-state index is 0.0201. The fraction of sp³-hybridized carbons (Fsp3) is 0.167. The van der Waals surface area contributed by atoms with E-state index in [1.807, 2.05) is 0 Å². The van der Waals surface area contributed by atoms with Gasteiger partial charge in [-0.3, -0.25) is 19.2 Å². The number of phenols is 2. The van der Waals surface area contributed by atoms with Gasteiger partial charge >= 0.3 is 0 Å². The highest BCUT2D eigenvalue weighted by molar-refractivity contribution is 8.04. The molecule has 2 aromatic rings. The molecule has 2 aromatic carbocycles. The van der Waals surface area contributed by atoms with Gasteiger partial charge in [0.15, 0.2) is 9.84 Å². The molecule has 182 valence electrons. The number of hydrogen-bond acceptors (Lipinski definition) is 11. The second kappa shape index (κ2) is 7.55. The summed E-state index contributed by atoms with van der Waals surface area (Å²) in [4.78, 5) is 51.8. The predicted octanol–water partition coefficient (Wildman–Crippen LogP) is 1.37. The summed E-state index contributed by atoms with van der Waals surface area (Å²) in [7, 11) is -3.98. The van der Waals surface area contributed by atoms with Crippen molar-refractivity contribution >= 4 is 44.7 Å². The lowest BCUT2D eigenvalue weighted by Gasteiger charge is -2.31. The average molecular weight is 525 g/mol. The highest BCUT2D eigenvalue weighted by atomic mass is 32.2. The third kappa shape index (κ3) is 3.00. The number of sulfone groups is 1. The molecule has 4 aliphatic rings. The average Bonchev–Trinajstić information content (AvgIpc) is 2.84. The molecule has 0 amide bonds. The summed E-state index contributed by atoms with van der Waals surface area (Å²) in [5.74, 6) is -3.80. The molecule has 0 radical (unpaired) electrons. The second-order valence-electron chi connectivity index (χ2n) is 8.62. The van der Waals surface area contributed by atoms with Gasteiger partial charge < -0.3 is 20.8 Å². The van der Waals surface area contributed by atoms with Gasteiger partial charge in [-0.25, -0.2) is 8.42 Å². The van der Waals surface area contributed by atoms with Gasteiger partial charge in [0.1, 0.15) is 27.8 Å². The molecular weight excluding hydrogens is 508 g/mol. The summed E-state index contributed by atoms with van der Waals surface area (Å²) in [6, 6.07) is 6.92. The summed E-state index contributed by atoms with van der Waals surface area (Å²) in [5.41, 5.74) is -0.346. The maximum atomic E-state index is 13.2. The van der Waals surface area contributed by atoms with Crippen LogP contribution in [0.3, 0.4) is 0 Å². The van der Waals surface area contributed by atoms with E-state index in [1.54, 1.807) is 0 Å². The van der Waals surface area contributed by atoms with Gasteiger partial charge in [-0.2, -0.15) is 0 Å². The van der Waals surface area contributed by atoms with E-state index in [2.05, 4.69) is 10.6 Å². The van der Waals surface area contributed by atoms with E-state index >= 15 is 0 Å². The van der Waals surface area contributed by atoms with Crippen LogP contribution in [0.5, 0.6) is 11.5 Å². The van der Waals surface area contributed by atoms with Crippen molar-refractivity contribution in [3.8, 4) is 11.5 Å². The summed E-state index contributed by atoms with van der Waals surface area (Å²) in [6.45, 7) is 0.125. The van der Waals surface area contributed by atoms with Gasteiger partial charge in [-0.05, 0) is 29.8 Å². The van der Waals surface area contributed by atoms with Gasteiger partial charge in [0.25, 0.3) is 0 Å². The molecule has 6 rings (SSSR count). The number of benzene rings is 2. The number of aromatic hydroxyl groups is 2. The lowest BCUT2D eigenvalue weighted by atomic mass is 9.89. The van der Waals surface area contributed by atoms with E-state index in [0.29, 0.717) is 5.56 Å². The summed E-state index contributed by atoms with van der Waals surface area (Å²) in [6.07, 6.45) is 0. The van der Waals surface area contributed by atoms with Crippen LogP contribution in [0.2, 0.25) is 0 Å². The molecule has 0 fully saturated rings. The molecule has 0 spiro atoms. The Morgan fingerprint density at radius 3 is 2.36 bits per heavy atom. The Labute approximate surface area is 208 Å². The second-order valence-corrected chi connectivity index (χ2v) is 11.9. The monoisotopic (exact) mass is 524 g/mol. The molecule has 10 nitrogen and oxygen atoms in total. The quantitative estimate of drug-likeness (QED) is 0.425. The number of phenolic OH excluding ortho intramolecular Hbond substituents is 2. The third-order valence-electron chi connectivity index (χ3n) is 6.53. The number of nitrogens with one attached hydrogen (secondary N) is 2. The molecule has 0 aromatic heterocycles. The lowest BCUT2D eigenvalue weighted by Crippen LogP contribution is -2.41. The maximum absolute atomic E-state index is 13.2. The first-order valence-electron chi connectivity index (χ1n) is 10.8.